The normalized spacial score (nSPS) is 15.8. The molecule has 0 amide bonds. The van der Waals surface area contributed by atoms with Crippen LogP contribution in [0.2, 0.25) is 0 Å². The van der Waals surface area contributed by atoms with Crippen molar-refractivity contribution in [1.82, 2.24) is 0 Å². The maximum absolute atomic E-state index is 2.65. The smallest absolute Gasteiger partial charge is 0.0357 e. The van der Waals surface area contributed by atoms with Crippen LogP contribution < -0.4 is 0 Å². The summed E-state index contributed by atoms with van der Waals surface area (Å²) in [5, 5.41) is 0. The van der Waals surface area contributed by atoms with Gasteiger partial charge in [-0.3, -0.25) is 0 Å². The average Bonchev–Trinajstić information content (AvgIpc) is 3.36. The molecule has 0 aromatic heterocycles. The van der Waals surface area contributed by atoms with Gasteiger partial charge in [-0.05, 0) is 413 Å². The first-order valence-electron chi connectivity index (χ1n) is 27.6. The van der Waals surface area contributed by atoms with Crippen molar-refractivity contribution in [3.05, 3.63) is 235 Å². The SMILES string of the molecule is Cc1cc(Cc2c(C)c(C)c(C)c(Cc3cc(C)c4c(c3C)Cc3c(C)c(C)c(C)c5c3C4c3c(C)c4c(c(C)c3C5)Cc3c(C)c(C)c(C)c5c3C4c3c(C)c(C)c(C)c(C)c3C5)c2C)c(C)c(C)c1C. The predicted octanol–water partition coefficient (Wildman–Crippen LogP) is 17.6. The first-order valence-corrected chi connectivity index (χ1v) is 27.6. The highest BCUT2D eigenvalue weighted by atomic mass is 14.5. The lowest BCUT2D eigenvalue weighted by molar-refractivity contribution is 0.751. The summed E-state index contributed by atoms with van der Waals surface area (Å²) < 4.78 is 0. The first-order chi connectivity index (χ1) is 33.9. The van der Waals surface area contributed by atoms with Crippen LogP contribution in [0.1, 0.15) is 234 Å². The van der Waals surface area contributed by atoms with Crippen LogP contribution in [-0.4, -0.2) is 0 Å². The highest BCUT2D eigenvalue weighted by molar-refractivity contribution is 5.77. The van der Waals surface area contributed by atoms with Crippen molar-refractivity contribution in [1.29, 1.82) is 0 Å². The second-order valence-corrected chi connectivity index (χ2v) is 24.4. The lowest BCUT2D eigenvalue weighted by Crippen LogP contribution is -2.32. The van der Waals surface area contributed by atoms with E-state index in [1.165, 1.54) is 134 Å². The van der Waals surface area contributed by atoms with E-state index in [0.717, 1.165) is 38.5 Å². The quantitative estimate of drug-likeness (QED) is 0.165. The minimum Gasteiger partial charge on any atom is -0.0552 e. The highest BCUT2D eigenvalue weighted by Gasteiger charge is 2.45. The number of hydrogen-bond acceptors (Lipinski definition) is 0. The van der Waals surface area contributed by atoms with E-state index in [9.17, 15) is 0 Å². The molecule has 7 aromatic rings. The standard InChI is InChI=1S/C72H82/c1-31-23-53(40(10)34(4)33(31)3)25-55-41(11)37(7)42(12)56(50(55)20)26-54-24-32(2)65-62(49(54)19)28-59-45(15)39(9)46(16)60-29-63-51(21)64-30-61-47(17)38(8)44(14)58-27-57-43(13)35(5)36(6)48(18)66(57)72(70(58)61)68(64)52(22)67(63)71(65)69(59)60/h23-24,71-72H,25-30H2,1-22H3. The van der Waals surface area contributed by atoms with Crippen molar-refractivity contribution in [2.75, 3.05) is 0 Å². The number of hydrogen-bond donors (Lipinski definition) is 0. The summed E-state index contributed by atoms with van der Waals surface area (Å²) in [5.74, 6) is 0.460. The van der Waals surface area contributed by atoms with Crippen molar-refractivity contribution in [2.24, 2.45) is 0 Å². The third-order valence-electron chi connectivity index (χ3n) is 22.1. The fourth-order valence-electron chi connectivity index (χ4n) is 16.0. The summed E-state index contributed by atoms with van der Waals surface area (Å²) in [5.41, 5.74) is 61.5. The van der Waals surface area contributed by atoms with Crippen LogP contribution in [0.25, 0.3) is 0 Å². The van der Waals surface area contributed by atoms with E-state index in [1.54, 1.807) is 89.0 Å². The third kappa shape index (κ3) is 6.35. The monoisotopic (exact) mass is 947 g/mol. The summed E-state index contributed by atoms with van der Waals surface area (Å²) in [6, 6.07) is 5.12. The number of benzene rings is 7. The Bertz CT molecular complexity index is 3660. The van der Waals surface area contributed by atoms with Gasteiger partial charge in [0.25, 0.3) is 0 Å². The molecule has 2 atom stereocenters. The van der Waals surface area contributed by atoms with Crippen LogP contribution >= 0.6 is 0 Å². The molecule has 11 rings (SSSR count). The van der Waals surface area contributed by atoms with Gasteiger partial charge in [-0.1, -0.05) is 12.1 Å². The zero-order valence-electron chi connectivity index (χ0n) is 48.6. The van der Waals surface area contributed by atoms with Crippen molar-refractivity contribution < 1.29 is 0 Å². The summed E-state index contributed by atoms with van der Waals surface area (Å²) >= 11 is 0. The molecule has 0 heterocycles. The lowest BCUT2D eigenvalue weighted by Gasteiger charge is -2.45. The van der Waals surface area contributed by atoms with E-state index >= 15 is 0 Å². The Morgan fingerprint density at radius 1 is 0.236 bits per heavy atom. The molecule has 4 aliphatic carbocycles. The first kappa shape index (κ1) is 48.8. The van der Waals surface area contributed by atoms with Gasteiger partial charge in [-0.15, -0.1) is 0 Å². The molecular formula is C72H82. The van der Waals surface area contributed by atoms with E-state index in [0.29, 0.717) is 0 Å². The van der Waals surface area contributed by atoms with Crippen LogP contribution in [0.4, 0.5) is 0 Å². The molecule has 4 aliphatic rings. The van der Waals surface area contributed by atoms with Crippen molar-refractivity contribution in [3.63, 3.8) is 0 Å². The summed E-state index contributed by atoms with van der Waals surface area (Å²) in [6.45, 7) is 53.2. The number of aryl methyl sites for hydroxylation is 2. The van der Waals surface area contributed by atoms with Crippen LogP contribution in [0, 0.1) is 152 Å². The summed E-state index contributed by atoms with van der Waals surface area (Å²) in [7, 11) is 0. The van der Waals surface area contributed by atoms with E-state index in [1.807, 2.05) is 0 Å². The van der Waals surface area contributed by atoms with Gasteiger partial charge < -0.3 is 0 Å². The molecular weight excluding hydrogens is 865 g/mol. The Morgan fingerprint density at radius 2 is 0.542 bits per heavy atom. The minimum atomic E-state index is 0.214. The topological polar surface area (TPSA) is 0 Å². The largest absolute Gasteiger partial charge is 0.0552 e. The Balaban J connectivity index is 1.14. The van der Waals surface area contributed by atoms with Gasteiger partial charge >= 0.3 is 0 Å². The maximum atomic E-state index is 2.65. The zero-order chi connectivity index (χ0) is 51.9. The molecule has 7 aromatic carbocycles. The minimum absolute atomic E-state index is 0.214. The van der Waals surface area contributed by atoms with Gasteiger partial charge in [-0.2, -0.15) is 0 Å². The van der Waals surface area contributed by atoms with Gasteiger partial charge in [0.15, 0.2) is 0 Å². The van der Waals surface area contributed by atoms with Gasteiger partial charge in [-0.25, -0.2) is 0 Å². The average molecular weight is 947 g/mol. The molecule has 0 bridgehead atoms. The summed E-state index contributed by atoms with van der Waals surface area (Å²) in [4.78, 5) is 0. The highest BCUT2D eigenvalue weighted by Crippen LogP contribution is 2.59. The van der Waals surface area contributed by atoms with Crippen LogP contribution in [-0.2, 0) is 38.5 Å². The Hall–Kier alpha value is -5.46. The fraction of sp³-hybridized carbons (Fsp3) is 0.417. The molecule has 0 saturated heterocycles. The van der Waals surface area contributed by atoms with Gasteiger partial charge in [0.2, 0.25) is 0 Å². The maximum Gasteiger partial charge on any atom is 0.0357 e. The lowest BCUT2D eigenvalue weighted by atomic mass is 9.58. The second kappa shape index (κ2) is 16.5. The van der Waals surface area contributed by atoms with Crippen LogP contribution in [0.3, 0.4) is 0 Å². The summed E-state index contributed by atoms with van der Waals surface area (Å²) in [6.07, 6.45) is 6.08. The van der Waals surface area contributed by atoms with Gasteiger partial charge in [0.05, 0.1) is 0 Å². The molecule has 0 radical (unpaired) electrons. The van der Waals surface area contributed by atoms with E-state index in [-0.39, 0.29) is 11.8 Å². The van der Waals surface area contributed by atoms with E-state index < -0.39 is 0 Å². The second-order valence-electron chi connectivity index (χ2n) is 24.4. The van der Waals surface area contributed by atoms with Crippen molar-refractivity contribution in [3.8, 4) is 0 Å². The van der Waals surface area contributed by atoms with Crippen molar-refractivity contribution >= 4 is 0 Å². The predicted molar refractivity (Wildman–Crippen MR) is 308 cm³/mol. The molecule has 0 nitrogen and oxygen atoms in total. The Labute approximate surface area is 435 Å². The van der Waals surface area contributed by atoms with E-state index in [2.05, 4.69) is 164 Å². The molecule has 72 heavy (non-hydrogen) atoms. The Morgan fingerprint density at radius 3 is 1.00 bits per heavy atom. The number of rotatable bonds is 4. The molecule has 0 aliphatic heterocycles. The molecule has 370 valence electrons. The molecule has 0 heteroatoms. The van der Waals surface area contributed by atoms with Crippen LogP contribution in [0.15, 0.2) is 12.1 Å². The van der Waals surface area contributed by atoms with Crippen LogP contribution in [0.5, 0.6) is 0 Å². The molecule has 0 N–H and O–H groups in total. The van der Waals surface area contributed by atoms with E-state index in [4.69, 9.17) is 0 Å². The molecule has 0 saturated carbocycles. The third-order valence-corrected chi connectivity index (χ3v) is 22.1. The van der Waals surface area contributed by atoms with Gasteiger partial charge in [0.1, 0.15) is 0 Å². The zero-order valence-corrected chi connectivity index (χ0v) is 48.6. The van der Waals surface area contributed by atoms with Crippen molar-refractivity contribution in [2.45, 2.75) is 203 Å². The molecule has 2 unspecified atom stereocenters. The number of fused-ring (bicyclic) bond motifs is 8. The molecule has 0 spiro atoms. The fourth-order valence-corrected chi connectivity index (χ4v) is 16.0. The Kier molecular flexibility index (Phi) is 11.2. The van der Waals surface area contributed by atoms with Gasteiger partial charge in [0, 0.05) is 11.8 Å². The molecule has 0 fully saturated rings.